The van der Waals surface area contributed by atoms with Crippen LogP contribution in [0.15, 0.2) is 29.0 Å². The minimum atomic E-state index is -2.82. The summed E-state index contributed by atoms with van der Waals surface area (Å²) in [6.45, 7) is 0.0395. The van der Waals surface area contributed by atoms with Crippen LogP contribution >= 0.6 is 34.3 Å². The molecule has 2 fully saturated rings. The number of hydrogen-bond acceptors (Lipinski definition) is 10. The Bertz CT molecular complexity index is 2160. The van der Waals surface area contributed by atoms with Gasteiger partial charge < -0.3 is 20.1 Å². The van der Waals surface area contributed by atoms with Crippen molar-refractivity contribution < 1.29 is 31.4 Å². The molecular formula is C33H26ClF5N6O2S2. The Morgan fingerprint density at radius 2 is 2.06 bits per heavy atom. The highest BCUT2D eigenvalue weighted by molar-refractivity contribution is 7.23. The summed E-state index contributed by atoms with van der Waals surface area (Å²) < 4.78 is 87.7. The number of rotatable bonds is 7. The Labute approximate surface area is 289 Å². The summed E-state index contributed by atoms with van der Waals surface area (Å²) in [5.41, 5.74) is 5.57. The zero-order valence-corrected chi connectivity index (χ0v) is 27.9. The first-order valence-corrected chi connectivity index (χ1v) is 17.6. The van der Waals surface area contributed by atoms with Crippen LogP contribution in [0.25, 0.3) is 32.1 Å². The molecule has 254 valence electrons. The van der Waals surface area contributed by atoms with Crippen molar-refractivity contribution in [1.29, 1.82) is 5.26 Å². The maximum absolute atomic E-state index is 17.2. The minimum absolute atomic E-state index is 0.00485. The summed E-state index contributed by atoms with van der Waals surface area (Å²) in [4.78, 5) is 12.4. The average Bonchev–Trinajstić information content (AvgIpc) is 3.84. The summed E-state index contributed by atoms with van der Waals surface area (Å²) in [6, 6.07) is 5.09. The second-order valence-electron chi connectivity index (χ2n) is 12.4. The monoisotopic (exact) mass is 732 g/mol. The number of nitrogens with two attached hydrogens (primary N) is 1. The summed E-state index contributed by atoms with van der Waals surface area (Å²) >= 11 is 9.19. The standard InChI is InChI=1S/C33H26ClF5N6O2S2/c34-25-23(17-2-3-19(36)29-22(17)18(9-40)30(41)49-29)26(39)27-24-28(25)46-12-20(15-4-7-48-13-15)45(11-21(37)38)31(24)43-32(42-27)47-14-33-5-1-6-44(33)10-16(35)8-33/h2-4,7,13,16,20-21H,1,5-6,8,10-12,14,41H2/t16-,20?,33+/m1/s1. The Morgan fingerprint density at radius 3 is 2.82 bits per heavy atom. The predicted octanol–water partition coefficient (Wildman–Crippen LogP) is 8.12. The molecule has 3 aromatic heterocycles. The summed E-state index contributed by atoms with van der Waals surface area (Å²) in [5.74, 6) is -1.79. The quantitative estimate of drug-likeness (QED) is 0.168. The van der Waals surface area contributed by atoms with Gasteiger partial charge in [-0.25, -0.2) is 22.0 Å². The zero-order chi connectivity index (χ0) is 34.2. The molecule has 0 bridgehead atoms. The molecule has 6 heterocycles. The molecule has 49 heavy (non-hydrogen) atoms. The largest absolute Gasteiger partial charge is 0.489 e. The van der Waals surface area contributed by atoms with Crippen LogP contribution in [0.4, 0.5) is 32.8 Å². The topological polar surface area (TPSA) is 101 Å². The molecule has 2 aromatic carbocycles. The van der Waals surface area contributed by atoms with Crippen LogP contribution in [-0.4, -0.2) is 65.9 Å². The van der Waals surface area contributed by atoms with Gasteiger partial charge in [-0.2, -0.15) is 26.6 Å². The fourth-order valence-corrected chi connectivity index (χ4v) is 9.53. The number of thiophene rings is 2. The number of hydrogen-bond donors (Lipinski definition) is 1. The fraction of sp³-hybridized carbons (Fsp3) is 0.364. The van der Waals surface area contributed by atoms with Crippen molar-refractivity contribution in [2.75, 3.05) is 43.5 Å². The molecule has 2 saturated heterocycles. The number of aromatic nitrogens is 2. The minimum Gasteiger partial charge on any atom is -0.489 e. The van der Waals surface area contributed by atoms with Crippen molar-refractivity contribution in [3.8, 4) is 29.0 Å². The number of halogens is 6. The molecule has 16 heteroatoms. The lowest BCUT2D eigenvalue weighted by atomic mass is 9.95. The molecule has 0 amide bonds. The van der Waals surface area contributed by atoms with E-state index in [0.29, 0.717) is 18.5 Å². The van der Waals surface area contributed by atoms with Crippen LogP contribution in [-0.2, 0) is 0 Å². The third-order valence-corrected chi connectivity index (χ3v) is 11.8. The number of fused-ring (bicyclic) bond motifs is 2. The van der Waals surface area contributed by atoms with Crippen molar-refractivity contribution in [1.82, 2.24) is 14.9 Å². The van der Waals surface area contributed by atoms with Gasteiger partial charge >= 0.3 is 6.01 Å². The predicted molar refractivity (Wildman–Crippen MR) is 179 cm³/mol. The van der Waals surface area contributed by atoms with E-state index in [1.807, 2.05) is 11.0 Å². The Hall–Kier alpha value is -3.97. The first-order valence-electron chi connectivity index (χ1n) is 15.5. The maximum atomic E-state index is 17.2. The molecule has 1 unspecified atom stereocenters. The summed E-state index contributed by atoms with van der Waals surface area (Å²) in [5, 5.41) is 13.3. The van der Waals surface area contributed by atoms with Crippen molar-refractivity contribution >= 4 is 66.1 Å². The van der Waals surface area contributed by atoms with Crippen molar-refractivity contribution in [2.45, 2.75) is 43.4 Å². The Morgan fingerprint density at radius 1 is 1.22 bits per heavy atom. The van der Waals surface area contributed by atoms with E-state index < -0.39 is 42.4 Å². The van der Waals surface area contributed by atoms with E-state index in [2.05, 4.69) is 9.97 Å². The van der Waals surface area contributed by atoms with E-state index >= 15 is 4.39 Å². The van der Waals surface area contributed by atoms with Crippen LogP contribution < -0.4 is 20.1 Å². The summed E-state index contributed by atoms with van der Waals surface area (Å²) in [7, 11) is 0. The smallest absolute Gasteiger partial charge is 0.319 e. The van der Waals surface area contributed by atoms with E-state index in [0.717, 1.165) is 23.8 Å². The van der Waals surface area contributed by atoms with Gasteiger partial charge in [-0.05, 0) is 53.4 Å². The van der Waals surface area contributed by atoms with Gasteiger partial charge in [-0.1, -0.05) is 17.7 Å². The first-order chi connectivity index (χ1) is 23.6. The molecule has 0 saturated carbocycles. The normalized spacial score (nSPS) is 22.1. The molecule has 3 atom stereocenters. The third-order valence-electron chi connectivity index (χ3n) is 9.67. The molecule has 2 N–H and O–H groups in total. The Kier molecular flexibility index (Phi) is 7.97. The van der Waals surface area contributed by atoms with E-state index in [9.17, 15) is 22.8 Å². The van der Waals surface area contributed by atoms with Crippen LogP contribution in [0.1, 0.15) is 36.4 Å². The Balaban J connectivity index is 1.37. The van der Waals surface area contributed by atoms with Crippen molar-refractivity contribution in [2.24, 2.45) is 0 Å². The maximum Gasteiger partial charge on any atom is 0.319 e. The van der Waals surface area contributed by atoms with Crippen molar-refractivity contribution in [3.63, 3.8) is 0 Å². The molecular weight excluding hydrogens is 707 g/mol. The highest BCUT2D eigenvalue weighted by Gasteiger charge is 2.49. The molecule has 8 nitrogen and oxygen atoms in total. The lowest BCUT2D eigenvalue weighted by Gasteiger charge is -2.32. The van der Waals surface area contributed by atoms with Crippen LogP contribution in [0, 0.1) is 23.0 Å². The lowest BCUT2D eigenvalue weighted by molar-refractivity contribution is 0.107. The van der Waals surface area contributed by atoms with E-state index in [-0.39, 0.29) is 91.5 Å². The van der Waals surface area contributed by atoms with Gasteiger partial charge in [0.25, 0.3) is 6.43 Å². The number of nitrogen functional groups attached to an aromatic ring is 1. The van der Waals surface area contributed by atoms with Gasteiger partial charge in [0.15, 0.2) is 11.6 Å². The zero-order valence-electron chi connectivity index (χ0n) is 25.5. The molecule has 3 aliphatic heterocycles. The van der Waals surface area contributed by atoms with Gasteiger partial charge in [-0.3, -0.25) is 4.90 Å². The highest BCUT2D eigenvalue weighted by atomic mass is 35.5. The molecule has 3 aliphatic rings. The SMILES string of the molecule is N#Cc1c(N)sc2c(F)ccc(-c3c(Cl)c4c5c(nc(OC[C@@]67CCCN6C[C@H](F)C7)nc5c3F)N(CC(F)F)C(c3ccsc3)CO4)c12. The van der Waals surface area contributed by atoms with E-state index in [4.69, 9.17) is 26.8 Å². The first kappa shape index (κ1) is 32.2. The third kappa shape index (κ3) is 5.14. The molecule has 0 radical (unpaired) electrons. The van der Waals surface area contributed by atoms with Crippen LogP contribution in [0.5, 0.6) is 11.8 Å². The summed E-state index contributed by atoms with van der Waals surface area (Å²) in [6.07, 6.45) is -2.06. The molecule has 8 rings (SSSR count). The van der Waals surface area contributed by atoms with Gasteiger partial charge in [0.2, 0.25) is 0 Å². The van der Waals surface area contributed by atoms with Gasteiger partial charge in [0.1, 0.15) is 47.6 Å². The fourth-order valence-electron chi connectivity index (χ4n) is 7.54. The van der Waals surface area contributed by atoms with Crippen LogP contribution in [0.3, 0.4) is 0 Å². The molecule has 5 aromatic rings. The lowest BCUT2D eigenvalue weighted by Crippen LogP contribution is -2.43. The van der Waals surface area contributed by atoms with Crippen LogP contribution in [0.2, 0.25) is 5.02 Å². The second-order valence-corrected chi connectivity index (χ2v) is 14.6. The highest BCUT2D eigenvalue weighted by Crippen LogP contribution is 2.52. The second kappa shape index (κ2) is 12.1. The average molecular weight is 733 g/mol. The number of benzene rings is 2. The van der Waals surface area contributed by atoms with Crippen molar-refractivity contribution in [3.05, 3.63) is 56.7 Å². The number of ether oxygens (including phenoxy) is 2. The van der Waals surface area contributed by atoms with Gasteiger partial charge in [0.05, 0.1) is 38.8 Å². The van der Waals surface area contributed by atoms with E-state index in [1.54, 1.807) is 16.8 Å². The van der Waals surface area contributed by atoms with Gasteiger partial charge in [-0.15, -0.1) is 11.3 Å². The number of nitrogens with zero attached hydrogens (tertiary/aromatic N) is 5. The molecule has 0 aliphatic carbocycles. The number of alkyl halides is 3. The van der Waals surface area contributed by atoms with E-state index in [1.165, 1.54) is 22.3 Å². The van der Waals surface area contributed by atoms with Gasteiger partial charge in [0, 0.05) is 23.9 Å². The number of nitriles is 1. The number of anilines is 2. The molecule has 0 spiro atoms.